The molecule has 0 spiro atoms. The van der Waals surface area contributed by atoms with E-state index >= 15 is 0 Å². The molecule has 1 unspecified atom stereocenters. The summed E-state index contributed by atoms with van der Waals surface area (Å²) >= 11 is 0. The maximum Gasteiger partial charge on any atom is 0.410 e. The first-order valence-corrected chi connectivity index (χ1v) is 7.26. The monoisotopic (exact) mass is 276 g/mol. The fraction of sp³-hybridized carbons (Fsp3) is 0.625. The molecule has 1 saturated heterocycles. The quantitative estimate of drug-likeness (QED) is 0.788. The van der Waals surface area contributed by atoms with E-state index in [0.717, 1.165) is 31.6 Å². The van der Waals surface area contributed by atoms with Gasteiger partial charge in [-0.2, -0.15) is 0 Å². The van der Waals surface area contributed by atoms with Crippen molar-refractivity contribution in [3.05, 3.63) is 29.6 Å². The zero-order valence-electron chi connectivity index (χ0n) is 12.8. The summed E-state index contributed by atoms with van der Waals surface area (Å²) in [4.78, 5) is 18.3. The average molecular weight is 276 g/mol. The van der Waals surface area contributed by atoms with Crippen LogP contribution in [0.3, 0.4) is 0 Å². The second-order valence-corrected chi connectivity index (χ2v) is 6.44. The van der Waals surface area contributed by atoms with Gasteiger partial charge < -0.3 is 9.64 Å². The van der Waals surface area contributed by atoms with Gasteiger partial charge in [-0.25, -0.2) is 4.79 Å². The van der Waals surface area contributed by atoms with Gasteiger partial charge >= 0.3 is 6.09 Å². The van der Waals surface area contributed by atoms with E-state index in [2.05, 4.69) is 11.1 Å². The lowest BCUT2D eigenvalue weighted by Gasteiger charge is -2.34. The van der Waals surface area contributed by atoms with E-state index < -0.39 is 5.60 Å². The van der Waals surface area contributed by atoms with Crippen LogP contribution in [0.5, 0.6) is 0 Å². The summed E-state index contributed by atoms with van der Waals surface area (Å²) in [5, 5.41) is 0. The van der Waals surface area contributed by atoms with Gasteiger partial charge in [0.05, 0.1) is 0 Å². The molecule has 4 nitrogen and oxygen atoms in total. The van der Waals surface area contributed by atoms with Crippen LogP contribution in [0, 0.1) is 6.92 Å². The third kappa shape index (κ3) is 3.71. The fourth-order valence-electron chi connectivity index (χ4n) is 2.65. The zero-order chi connectivity index (χ0) is 14.8. The number of likely N-dealkylation sites (tertiary alicyclic amines) is 1. The molecule has 1 atom stereocenters. The molecule has 4 heteroatoms. The average Bonchev–Trinajstić information content (AvgIpc) is 2.37. The summed E-state index contributed by atoms with van der Waals surface area (Å²) in [6.07, 6.45) is 3.72. The van der Waals surface area contributed by atoms with E-state index in [-0.39, 0.29) is 6.09 Å². The highest BCUT2D eigenvalue weighted by Gasteiger charge is 2.28. The number of pyridine rings is 1. The van der Waals surface area contributed by atoms with Crippen molar-refractivity contribution in [1.29, 1.82) is 0 Å². The number of nitrogens with zero attached hydrogens (tertiary/aromatic N) is 2. The van der Waals surface area contributed by atoms with Crippen molar-refractivity contribution in [2.45, 2.75) is 52.1 Å². The van der Waals surface area contributed by atoms with Crippen molar-refractivity contribution < 1.29 is 9.53 Å². The Kier molecular flexibility index (Phi) is 4.31. The van der Waals surface area contributed by atoms with Crippen LogP contribution in [0.15, 0.2) is 18.3 Å². The molecule has 0 N–H and O–H groups in total. The summed E-state index contributed by atoms with van der Waals surface area (Å²) in [7, 11) is 0. The highest BCUT2D eigenvalue weighted by atomic mass is 16.6. The summed E-state index contributed by atoms with van der Waals surface area (Å²) < 4.78 is 5.46. The lowest BCUT2D eigenvalue weighted by molar-refractivity contribution is 0.0198. The Balaban J connectivity index is 2.06. The molecule has 2 rings (SSSR count). The number of carbonyl (C=O) groups is 1. The molecule has 1 amide bonds. The van der Waals surface area contributed by atoms with Gasteiger partial charge in [-0.3, -0.25) is 4.98 Å². The molecule has 1 aromatic heterocycles. The molecule has 1 fully saturated rings. The van der Waals surface area contributed by atoms with E-state index in [4.69, 9.17) is 4.74 Å². The van der Waals surface area contributed by atoms with Crippen molar-refractivity contribution in [1.82, 2.24) is 9.88 Å². The van der Waals surface area contributed by atoms with Crippen molar-refractivity contribution >= 4 is 6.09 Å². The van der Waals surface area contributed by atoms with E-state index in [1.807, 2.05) is 44.9 Å². The number of amides is 1. The Hall–Kier alpha value is -1.58. The van der Waals surface area contributed by atoms with Crippen LogP contribution in [0.1, 0.15) is 50.8 Å². The molecular formula is C16H24N2O2. The van der Waals surface area contributed by atoms with E-state index in [1.54, 1.807) is 0 Å². The van der Waals surface area contributed by atoms with Crippen LogP contribution in [0.4, 0.5) is 4.79 Å². The number of aromatic nitrogens is 1. The predicted molar refractivity (Wildman–Crippen MR) is 78.8 cm³/mol. The van der Waals surface area contributed by atoms with E-state index in [0.29, 0.717) is 5.92 Å². The largest absolute Gasteiger partial charge is 0.444 e. The molecule has 1 aromatic rings. The maximum atomic E-state index is 12.2. The number of carbonyl (C=O) groups excluding carboxylic acids is 1. The highest BCUT2D eigenvalue weighted by molar-refractivity contribution is 5.68. The molecule has 0 radical (unpaired) electrons. The molecule has 110 valence electrons. The summed E-state index contributed by atoms with van der Waals surface area (Å²) in [6.45, 7) is 9.24. The number of hydrogen-bond donors (Lipinski definition) is 0. The molecule has 0 aromatic carbocycles. The number of piperidine rings is 1. The molecule has 0 bridgehead atoms. The second-order valence-electron chi connectivity index (χ2n) is 6.44. The topological polar surface area (TPSA) is 42.4 Å². The minimum Gasteiger partial charge on any atom is -0.444 e. The minimum atomic E-state index is -0.436. The van der Waals surface area contributed by atoms with Crippen molar-refractivity contribution in [3.63, 3.8) is 0 Å². The van der Waals surface area contributed by atoms with Crippen LogP contribution >= 0.6 is 0 Å². The molecule has 20 heavy (non-hydrogen) atoms. The standard InChI is InChI=1S/C16H24N2O2/c1-12-14(8-5-9-17-12)13-7-6-10-18(11-13)15(19)20-16(2,3)4/h5,8-9,13H,6-7,10-11H2,1-4H3. The molecule has 0 saturated carbocycles. The third-order valence-electron chi connectivity index (χ3n) is 3.56. The number of rotatable bonds is 1. The Morgan fingerprint density at radius 2 is 2.20 bits per heavy atom. The Labute approximate surface area is 121 Å². The van der Waals surface area contributed by atoms with Crippen molar-refractivity contribution in [3.8, 4) is 0 Å². The van der Waals surface area contributed by atoms with Gasteiger partial charge in [0.15, 0.2) is 0 Å². The van der Waals surface area contributed by atoms with Crippen LogP contribution in [0.25, 0.3) is 0 Å². The van der Waals surface area contributed by atoms with Crippen molar-refractivity contribution in [2.24, 2.45) is 0 Å². The Morgan fingerprint density at radius 1 is 1.45 bits per heavy atom. The lowest BCUT2D eigenvalue weighted by Crippen LogP contribution is -2.42. The first kappa shape index (κ1) is 14.8. The SMILES string of the molecule is Cc1ncccc1C1CCCN(C(=O)OC(C)(C)C)C1. The van der Waals surface area contributed by atoms with Crippen molar-refractivity contribution in [2.75, 3.05) is 13.1 Å². The van der Waals surface area contributed by atoms with Crippen LogP contribution in [0.2, 0.25) is 0 Å². The van der Waals surface area contributed by atoms with Gasteiger partial charge in [-0.15, -0.1) is 0 Å². The lowest BCUT2D eigenvalue weighted by atomic mass is 9.90. The summed E-state index contributed by atoms with van der Waals surface area (Å²) in [5.41, 5.74) is 1.87. The fourth-order valence-corrected chi connectivity index (χ4v) is 2.65. The molecule has 1 aliphatic heterocycles. The number of ether oxygens (including phenoxy) is 1. The molecule has 0 aliphatic carbocycles. The van der Waals surface area contributed by atoms with Crippen LogP contribution in [-0.4, -0.2) is 34.7 Å². The first-order valence-electron chi connectivity index (χ1n) is 7.26. The van der Waals surface area contributed by atoms with Gasteiger partial charge in [0.25, 0.3) is 0 Å². The first-order chi connectivity index (χ1) is 9.37. The predicted octanol–water partition coefficient (Wildman–Crippen LogP) is 3.50. The number of hydrogen-bond acceptors (Lipinski definition) is 3. The third-order valence-corrected chi connectivity index (χ3v) is 3.56. The normalized spacial score (nSPS) is 19.8. The van der Waals surface area contributed by atoms with Gasteiger partial charge in [0, 0.05) is 30.9 Å². The van der Waals surface area contributed by atoms with E-state index in [1.165, 1.54) is 5.56 Å². The second kappa shape index (κ2) is 5.81. The maximum absolute atomic E-state index is 12.2. The van der Waals surface area contributed by atoms with Crippen LogP contribution in [-0.2, 0) is 4.74 Å². The zero-order valence-corrected chi connectivity index (χ0v) is 12.8. The molecule has 1 aliphatic rings. The summed E-state index contributed by atoms with van der Waals surface area (Å²) in [6, 6.07) is 4.08. The Bertz CT molecular complexity index is 480. The highest BCUT2D eigenvalue weighted by Crippen LogP contribution is 2.29. The minimum absolute atomic E-state index is 0.205. The summed E-state index contributed by atoms with van der Waals surface area (Å²) in [5.74, 6) is 0.366. The number of aryl methyl sites for hydroxylation is 1. The van der Waals surface area contributed by atoms with Gasteiger partial charge in [0.2, 0.25) is 0 Å². The molecular weight excluding hydrogens is 252 g/mol. The van der Waals surface area contributed by atoms with Gasteiger partial charge in [-0.1, -0.05) is 6.07 Å². The van der Waals surface area contributed by atoms with Crippen LogP contribution < -0.4 is 0 Å². The van der Waals surface area contributed by atoms with Gasteiger partial charge in [0.1, 0.15) is 5.60 Å². The molecule has 2 heterocycles. The van der Waals surface area contributed by atoms with E-state index in [9.17, 15) is 4.79 Å². The Morgan fingerprint density at radius 3 is 2.85 bits per heavy atom. The smallest absolute Gasteiger partial charge is 0.410 e. The van der Waals surface area contributed by atoms with Gasteiger partial charge in [-0.05, 0) is 52.2 Å².